The summed E-state index contributed by atoms with van der Waals surface area (Å²) in [5, 5.41) is 0.874. The lowest BCUT2D eigenvalue weighted by Crippen LogP contribution is -2.00. The summed E-state index contributed by atoms with van der Waals surface area (Å²) in [7, 11) is 1.63. The highest BCUT2D eigenvalue weighted by molar-refractivity contribution is 8.13. The summed E-state index contributed by atoms with van der Waals surface area (Å²) in [5.41, 5.74) is 1.69. The van der Waals surface area contributed by atoms with E-state index in [-0.39, 0.29) is 4.90 Å². The van der Waals surface area contributed by atoms with Crippen LogP contribution in [-0.4, -0.2) is 13.0 Å². The van der Waals surface area contributed by atoms with Gasteiger partial charge in [0.05, 0.1) is 10.4 Å². The number of aromatic nitrogens is 1. The molecule has 2 aromatic carbocycles. The van der Waals surface area contributed by atoms with Crippen LogP contribution in [0.15, 0.2) is 72.3 Å². The summed E-state index contributed by atoms with van der Waals surface area (Å²) in [6.07, 6.45) is 1.78. The highest BCUT2D eigenvalue weighted by atomic mass is 35.7. The molecule has 0 aliphatic carbocycles. The van der Waals surface area contributed by atoms with Gasteiger partial charge in [-0.25, -0.2) is 8.42 Å². The lowest BCUT2D eigenvalue weighted by Gasteiger charge is -2.11. The first-order valence-corrected chi connectivity index (χ1v) is 9.18. The highest BCUT2D eigenvalue weighted by Crippen LogP contribution is 2.25. The zero-order chi connectivity index (χ0) is 16.4. The lowest BCUT2D eigenvalue weighted by molar-refractivity contribution is 0.248. The van der Waals surface area contributed by atoms with Crippen LogP contribution in [0.5, 0.6) is 0 Å². The van der Waals surface area contributed by atoms with Crippen molar-refractivity contribution in [3.8, 4) is 0 Å². The molecule has 1 heterocycles. The zero-order valence-corrected chi connectivity index (χ0v) is 13.7. The number of hydrogen-bond acceptors (Lipinski definition) is 3. The number of hydrogen-bond donors (Lipinski definition) is 0. The topological polar surface area (TPSA) is 48.3 Å². The minimum absolute atomic E-state index is 0.0440. The summed E-state index contributed by atoms with van der Waals surface area (Å²) in [5.74, 6) is 0.410. The van der Waals surface area contributed by atoms with Crippen molar-refractivity contribution < 1.29 is 13.2 Å². The smallest absolute Gasteiger partial charge is 0.261 e. The molecule has 3 aromatic rings. The van der Waals surface area contributed by atoms with Crippen LogP contribution in [-0.2, 0) is 20.4 Å². The van der Waals surface area contributed by atoms with Gasteiger partial charge in [-0.1, -0.05) is 36.4 Å². The van der Waals surface area contributed by atoms with Crippen molar-refractivity contribution >= 4 is 36.5 Å². The minimum atomic E-state index is -3.78. The van der Waals surface area contributed by atoms with E-state index < -0.39 is 9.05 Å². The standard InChI is InChI=1S/C17H14ClNO3S/c1-13(22-12-14-5-3-2-4-6-14)19-10-9-15-7-8-16(11-17(15)19)23(18,20)21/h2-11H,1,12H2. The molecule has 0 fully saturated rings. The van der Waals surface area contributed by atoms with E-state index in [0.29, 0.717) is 18.0 Å². The van der Waals surface area contributed by atoms with Gasteiger partial charge in [0.1, 0.15) is 6.61 Å². The second kappa shape index (κ2) is 6.10. The molecule has 0 unspecified atom stereocenters. The van der Waals surface area contributed by atoms with Gasteiger partial charge < -0.3 is 4.74 Å². The van der Waals surface area contributed by atoms with E-state index in [1.165, 1.54) is 12.1 Å². The Morgan fingerprint density at radius 2 is 1.87 bits per heavy atom. The van der Waals surface area contributed by atoms with Gasteiger partial charge in [0.15, 0.2) is 5.88 Å². The SMILES string of the molecule is C=C(OCc1ccccc1)n1ccc2ccc(S(=O)(=O)Cl)cc21. The quantitative estimate of drug-likeness (QED) is 0.513. The molecule has 118 valence electrons. The second-order valence-electron chi connectivity index (χ2n) is 5.01. The third kappa shape index (κ3) is 3.41. The van der Waals surface area contributed by atoms with E-state index in [4.69, 9.17) is 15.4 Å². The van der Waals surface area contributed by atoms with Crippen molar-refractivity contribution in [2.45, 2.75) is 11.5 Å². The van der Waals surface area contributed by atoms with Crippen molar-refractivity contribution in [3.05, 3.63) is 72.9 Å². The molecule has 0 saturated heterocycles. The molecule has 6 heteroatoms. The monoisotopic (exact) mass is 347 g/mol. The number of rotatable bonds is 5. The van der Waals surface area contributed by atoms with Crippen molar-refractivity contribution in [2.75, 3.05) is 0 Å². The minimum Gasteiger partial charge on any atom is -0.474 e. The van der Waals surface area contributed by atoms with Crippen molar-refractivity contribution in [3.63, 3.8) is 0 Å². The molecule has 0 aliphatic rings. The lowest BCUT2D eigenvalue weighted by atomic mass is 10.2. The zero-order valence-electron chi connectivity index (χ0n) is 12.1. The van der Waals surface area contributed by atoms with Crippen LogP contribution in [0.1, 0.15) is 5.56 Å². The fourth-order valence-electron chi connectivity index (χ4n) is 2.29. The van der Waals surface area contributed by atoms with Gasteiger partial charge >= 0.3 is 0 Å². The van der Waals surface area contributed by atoms with Gasteiger partial charge in [-0.15, -0.1) is 0 Å². The van der Waals surface area contributed by atoms with E-state index in [1.807, 2.05) is 36.4 Å². The Bertz CT molecular complexity index is 962. The Labute approximate surface area is 139 Å². The Kier molecular flexibility index (Phi) is 4.15. The Hall–Kier alpha value is -2.24. The molecule has 1 aromatic heterocycles. The molecular weight excluding hydrogens is 334 g/mol. The van der Waals surface area contributed by atoms with Gasteiger partial charge in [0.25, 0.3) is 9.05 Å². The number of fused-ring (bicyclic) bond motifs is 1. The molecule has 0 amide bonds. The van der Waals surface area contributed by atoms with Crippen LogP contribution in [0.3, 0.4) is 0 Å². The van der Waals surface area contributed by atoms with Crippen LogP contribution in [0.25, 0.3) is 16.8 Å². The molecule has 0 spiro atoms. The molecule has 0 radical (unpaired) electrons. The third-order valence-corrected chi connectivity index (χ3v) is 4.81. The maximum Gasteiger partial charge on any atom is 0.261 e. The Morgan fingerprint density at radius 1 is 1.13 bits per heavy atom. The van der Waals surface area contributed by atoms with Gasteiger partial charge in [0.2, 0.25) is 0 Å². The summed E-state index contributed by atoms with van der Waals surface area (Å²) in [6, 6.07) is 16.3. The van der Waals surface area contributed by atoms with Crippen LogP contribution >= 0.6 is 10.7 Å². The Balaban J connectivity index is 1.88. The number of ether oxygens (including phenoxy) is 1. The average molecular weight is 348 g/mol. The fraction of sp³-hybridized carbons (Fsp3) is 0.0588. The molecule has 0 N–H and O–H groups in total. The summed E-state index contributed by atoms with van der Waals surface area (Å²) in [4.78, 5) is 0.0440. The molecule has 0 atom stereocenters. The van der Waals surface area contributed by atoms with Crippen molar-refractivity contribution in [1.29, 1.82) is 0 Å². The first kappa shape index (κ1) is 15.6. The van der Waals surface area contributed by atoms with Crippen molar-refractivity contribution in [1.82, 2.24) is 4.57 Å². The number of nitrogens with zero attached hydrogens (tertiary/aromatic N) is 1. The van der Waals surface area contributed by atoms with Crippen LogP contribution < -0.4 is 0 Å². The van der Waals surface area contributed by atoms with Gasteiger partial charge in [0, 0.05) is 22.3 Å². The first-order valence-electron chi connectivity index (χ1n) is 6.87. The molecule has 3 rings (SSSR count). The largest absolute Gasteiger partial charge is 0.474 e. The summed E-state index contributed by atoms with van der Waals surface area (Å²) in [6.45, 7) is 4.29. The summed E-state index contributed by atoms with van der Waals surface area (Å²) < 4.78 is 30.4. The Morgan fingerprint density at radius 3 is 2.57 bits per heavy atom. The van der Waals surface area contributed by atoms with Crippen LogP contribution in [0.4, 0.5) is 0 Å². The fourth-order valence-corrected chi connectivity index (χ4v) is 3.06. The van der Waals surface area contributed by atoms with E-state index >= 15 is 0 Å². The maximum absolute atomic E-state index is 11.5. The van der Waals surface area contributed by atoms with E-state index in [2.05, 4.69) is 6.58 Å². The maximum atomic E-state index is 11.5. The van der Waals surface area contributed by atoms with Crippen LogP contribution in [0, 0.1) is 0 Å². The third-order valence-electron chi connectivity index (χ3n) is 3.46. The molecule has 0 bridgehead atoms. The number of halogens is 1. The first-order chi connectivity index (χ1) is 10.9. The number of benzene rings is 2. The molecular formula is C17H14ClNO3S. The predicted molar refractivity (Wildman–Crippen MR) is 91.5 cm³/mol. The van der Waals surface area contributed by atoms with Crippen molar-refractivity contribution in [2.24, 2.45) is 0 Å². The summed E-state index contributed by atoms with van der Waals surface area (Å²) >= 11 is 0. The van der Waals surface area contributed by atoms with Gasteiger partial charge in [-0.2, -0.15) is 0 Å². The normalized spacial score (nSPS) is 11.5. The molecule has 0 saturated carbocycles. The van der Waals surface area contributed by atoms with E-state index in [9.17, 15) is 8.42 Å². The average Bonchev–Trinajstić information content (AvgIpc) is 2.96. The highest BCUT2D eigenvalue weighted by Gasteiger charge is 2.13. The second-order valence-corrected chi connectivity index (χ2v) is 7.58. The molecule has 0 aliphatic heterocycles. The molecule has 4 nitrogen and oxygen atoms in total. The van der Waals surface area contributed by atoms with E-state index in [1.54, 1.807) is 16.8 Å². The van der Waals surface area contributed by atoms with E-state index in [0.717, 1.165) is 10.9 Å². The molecule has 23 heavy (non-hydrogen) atoms. The predicted octanol–water partition coefficient (Wildman–Crippen LogP) is 4.21. The van der Waals surface area contributed by atoms with Gasteiger partial charge in [-0.05, 0) is 30.3 Å². The van der Waals surface area contributed by atoms with Crippen LogP contribution in [0.2, 0.25) is 0 Å². The van der Waals surface area contributed by atoms with Gasteiger partial charge in [-0.3, -0.25) is 4.57 Å².